The number of sulfonamides is 1. The molecule has 0 spiro atoms. The quantitative estimate of drug-likeness (QED) is 0.182. The maximum atomic E-state index is 15.0. The third kappa shape index (κ3) is 7.36. The molecule has 15 heteroatoms. The number of nitrogens with one attached hydrogen (secondary N) is 2. The number of anilines is 2. The van der Waals surface area contributed by atoms with E-state index in [0.717, 1.165) is 19.4 Å². The molecule has 0 unspecified atom stereocenters. The number of amides is 1. The highest BCUT2D eigenvalue weighted by atomic mass is 32.2. The molecule has 0 aliphatic carbocycles. The zero-order valence-electron chi connectivity index (χ0n) is 24.4. The number of ether oxygens (including phenoxy) is 1. The number of aryl methyl sites for hydroxylation is 1. The molecule has 1 amide bonds. The maximum Gasteiger partial charge on any atom is 0.407 e. The first-order valence-corrected chi connectivity index (χ1v) is 15.8. The average molecular weight is 645 g/mol. The molecule has 0 radical (unpaired) electrons. The Bertz CT molecular complexity index is 1840. The molecule has 4 aromatic rings. The molecule has 2 aromatic heterocycles. The van der Waals surface area contributed by atoms with E-state index >= 15 is 0 Å². The first-order chi connectivity index (χ1) is 21.4. The highest BCUT2D eigenvalue weighted by molar-refractivity contribution is 7.92. The smallest absolute Gasteiger partial charge is 0.407 e. The van der Waals surface area contributed by atoms with Crippen LogP contribution in [0.3, 0.4) is 0 Å². The highest BCUT2D eigenvalue weighted by Gasteiger charge is 2.34. The SMILES string of the molecule is CCC(F)(F)CS(=O)(=O)Nc1c(F)ccc2c(Oc3ncccc3-c3ccnc(N[C@H]4CCCN(C(=O)O)C4)n3)c(C)ccc12. The number of alkyl halides is 2. The Morgan fingerprint density at radius 2 is 1.91 bits per heavy atom. The average Bonchev–Trinajstić information content (AvgIpc) is 3.00. The Balaban J connectivity index is 1.46. The maximum absolute atomic E-state index is 15.0. The van der Waals surface area contributed by atoms with Crippen molar-refractivity contribution in [2.45, 2.75) is 45.1 Å². The van der Waals surface area contributed by atoms with Crippen LogP contribution < -0.4 is 14.8 Å². The zero-order chi connectivity index (χ0) is 32.4. The van der Waals surface area contributed by atoms with Gasteiger partial charge in [-0.15, -0.1) is 0 Å². The number of pyridine rings is 1. The largest absolute Gasteiger partial charge is 0.465 e. The van der Waals surface area contributed by atoms with E-state index in [4.69, 9.17) is 4.74 Å². The number of hydrogen-bond donors (Lipinski definition) is 3. The van der Waals surface area contributed by atoms with Crippen molar-refractivity contribution in [2.24, 2.45) is 0 Å². The summed E-state index contributed by atoms with van der Waals surface area (Å²) in [7, 11) is -4.61. The molecule has 3 heterocycles. The minimum absolute atomic E-state index is 0.105. The van der Waals surface area contributed by atoms with Gasteiger partial charge in [-0.3, -0.25) is 4.72 Å². The van der Waals surface area contributed by atoms with E-state index in [1.165, 1.54) is 23.2 Å². The van der Waals surface area contributed by atoms with Crippen molar-refractivity contribution >= 4 is 38.5 Å². The predicted octanol–water partition coefficient (Wildman–Crippen LogP) is 6.27. The zero-order valence-corrected chi connectivity index (χ0v) is 25.2. The van der Waals surface area contributed by atoms with Crippen molar-refractivity contribution < 1.29 is 36.2 Å². The van der Waals surface area contributed by atoms with Crippen molar-refractivity contribution in [1.29, 1.82) is 0 Å². The summed E-state index contributed by atoms with van der Waals surface area (Å²) in [6.45, 7) is 3.66. The number of fused-ring (bicyclic) bond motifs is 1. The normalized spacial score (nSPS) is 15.6. The fourth-order valence-electron chi connectivity index (χ4n) is 5.06. The highest BCUT2D eigenvalue weighted by Crippen LogP contribution is 2.40. The summed E-state index contributed by atoms with van der Waals surface area (Å²) in [5, 5.41) is 13.0. The first kappa shape index (κ1) is 31.8. The molecule has 11 nitrogen and oxygen atoms in total. The molecule has 1 aliphatic rings. The summed E-state index contributed by atoms with van der Waals surface area (Å²) < 4.78 is 76.2. The lowest BCUT2D eigenvalue weighted by molar-refractivity contribution is 0.0219. The molecule has 1 aliphatic heterocycles. The Kier molecular flexibility index (Phi) is 9.00. The number of nitrogens with zero attached hydrogens (tertiary/aromatic N) is 4. The summed E-state index contributed by atoms with van der Waals surface area (Å²) in [6, 6.07) is 10.4. The van der Waals surface area contributed by atoms with Gasteiger partial charge in [-0.05, 0) is 55.7 Å². The van der Waals surface area contributed by atoms with Gasteiger partial charge in [-0.2, -0.15) is 0 Å². The van der Waals surface area contributed by atoms with Gasteiger partial charge in [0.2, 0.25) is 21.9 Å². The lowest BCUT2D eigenvalue weighted by atomic mass is 10.0. The molecule has 1 saturated heterocycles. The second-order valence-corrected chi connectivity index (χ2v) is 12.5. The molecule has 1 atom stereocenters. The number of rotatable bonds is 10. The van der Waals surface area contributed by atoms with Gasteiger partial charge in [0.25, 0.3) is 5.92 Å². The van der Waals surface area contributed by atoms with Crippen LogP contribution in [-0.2, 0) is 10.0 Å². The van der Waals surface area contributed by atoms with Crippen LogP contribution >= 0.6 is 0 Å². The van der Waals surface area contributed by atoms with E-state index in [2.05, 4.69) is 20.3 Å². The van der Waals surface area contributed by atoms with Crippen LogP contribution in [0.4, 0.5) is 29.6 Å². The van der Waals surface area contributed by atoms with Crippen LogP contribution in [0.5, 0.6) is 11.6 Å². The van der Waals surface area contributed by atoms with Gasteiger partial charge in [-0.1, -0.05) is 19.1 Å². The van der Waals surface area contributed by atoms with Crippen molar-refractivity contribution in [1.82, 2.24) is 19.9 Å². The fourth-order valence-corrected chi connectivity index (χ4v) is 6.42. The van der Waals surface area contributed by atoms with E-state index in [1.807, 2.05) is 4.72 Å². The van der Waals surface area contributed by atoms with Crippen LogP contribution in [0.15, 0.2) is 54.9 Å². The molecule has 1 fully saturated rings. The number of piperidine rings is 1. The number of halogens is 3. The van der Waals surface area contributed by atoms with E-state index in [-0.39, 0.29) is 23.1 Å². The molecule has 0 bridgehead atoms. The third-order valence-corrected chi connectivity index (χ3v) is 8.72. The van der Waals surface area contributed by atoms with Crippen LogP contribution in [0, 0.1) is 12.7 Å². The van der Waals surface area contributed by atoms with Crippen LogP contribution in [0.25, 0.3) is 22.0 Å². The molecule has 5 rings (SSSR count). The standard InChI is InChI=1S/C30H31F3N6O5S/c1-3-30(32,33)17-45(42,43)38-25-20-9-8-18(2)26(21(20)10-11-23(25)31)44-27-22(7-4-13-34-27)24-12-14-35-28(37-24)36-19-6-5-15-39(16-19)29(40)41/h4,7-14,19,38H,3,5-6,15-17H2,1-2H3,(H,40,41)(H,35,36,37)/t19-/m0/s1. The molecule has 3 N–H and O–H groups in total. The van der Waals surface area contributed by atoms with Gasteiger partial charge in [0.15, 0.2) is 0 Å². The summed E-state index contributed by atoms with van der Waals surface area (Å²) in [5.74, 6) is -5.24. The predicted molar refractivity (Wildman–Crippen MR) is 163 cm³/mol. The number of carboxylic acid groups (broad SMARTS) is 1. The second-order valence-electron chi connectivity index (χ2n) is 10.7. The number of benzene rings is 2. The molecule has 0 saturated carbocycles. The van der Waals surface area contributed by atoms with Crippen molar-refractivity contribution in [2.75, 3.05) is 28.9 Å². The molecule has 2 aromatic carbocycles. The molecule has 238 valence electrons. The van der Waals surface area contributed by atoms with Gasteiger partial charge >= 0.3 is 6.09 Å². The van der Waals surface area contributed by atoms with E-state index in [0.29, 0.717) is 47.7 Å². The Labute approximate surface area is 257 Å². The molecule has 45 heavy (non-hydrogen) atoms. The Morgan fingerprint density at radius 1 is 1.13 bits per heavy atom. The van der Waals surface area contributed by atoms with Gasteiger partial charge in [0.05, 0.1) is 16.9 Å². The Hall–Kier alpha value is -4.66. The van der Waals surface area contributed by atoms with Crippen molar-refractivity contribution in [3.05, 3.63) is 66.2 Å². The van der Waals surface area contributed by atoms with Gasteiger partial charge in [0.1, 0.15) is 17.3 Å². The second kappa shape index (κ2) is 12.8. The topological polar surface area (TPSA) is 147 Å². The Morgan fingerprint density at radius 3 is 2.67 bits per heavy atom. The number of likely N-dealkylation sites (tertiary alicyclic amines) is 1. The van der Waals surface area contributed by atoms with Gasteiger partial charge in [0, 0.05) is 48.7 Å². The van der Waals surface area contributed by atoms with E-state index in [1.54, 1.807) is 37.4 Å². The molecular formula is C30H31F3N6O5S. The van der Waals surface area contributed by atoms with Crippen LogP contribution in [0.1, 0.15) is 31.7 Å². The summed E-state index contributed by atoms with van der Waals surface area (Å²) in [4.78, 5) is 26.0. The van der Waals surface area contributed by atoms with Crippen LogP contribution in [-0.4, -0.2) is 70.3 Å². The fraction of sp³-hybridized carbons (Fsp3) is 0.333. The lowest BCUT2D eigenvalue weighted by Gasteiger charge is -2.31. The summed E-state index contributed by atoms with van der Waals surface area (Å²) in [6.07, 6.45) is 2.83. The monoisotopic (exact) mass is 644 g/mol. The first-order valence-electron chi connectivity index (χ1n) is 14.2. The van der Waals surface area contributed by atoms with E-state index in [9.17, 15) is 31.5 Å². The minimum Gasteiger partial charge on any atom is -0.465 e. The number of carbonyl (C=O) groups is 1. The van der Waals surface area contributed by atoms with E-state index < -0.39 is 45.7 Å². The minimum atomic E-state index is -4.61. The van der Waals surface area contributed by atoms with Gasteiger partial charge < -0.3 is 20.1 Å². The van der Waals surface area contributed by atoms with Gasteiger partial charge in [-0.25, -0.2) is 41.3 Å². The lowest BCUT2D eigenvalue weighted by Crippen LogP contribution is -2.44. The van der Waals surface area contributed by atoms with Crippen molar-refractivity contribution in [3.63, 3.8) is 0 Å². The van der Waals surface area contributed by atoms with Crippen molar-refractivity contribution in [3.8, 4) is 22.9 Å². The van der Waals surface area contributed by atoms with Crippen LogP contribution in [0.2, 0.25) is 0 Å². The number of hydrogen-bond acceptors (Lipinski definition) is 8. The summed E-state index contributed by atoms with van der Waals surface area (Å²) in [5.41, 5.74) is 1.08. The third-order valence-electron chi connectivity index (χ3n) is 7.40. The molecular weight excluding hydrogens is 613 g/mol. The number of aromatic nitrogens is 3. The summed E-state index contributed by atoms with van der Waals surface area (Å²) >= 11 is 0.